The van der Waals surface area contributed by atoms with Gasteiger partial charge in [0, 0.05) is 30.2 Å². The molecule has 0 radical (unpaired) electrons. The molecule has 1 aromatic rings. The molecule has 3 nitrogen and oxygen atoms in total. The van der Waals surface area contributed by atoms with Crippen molar-refractivity contribution in [3.05, 3.63) is 29.3 Å². The van der Waals surface area contributed by atoms with Gasteiger partial charge in [0.1, 0.15) is 0 Å². The van der Waals surface area contributed by atoms with E-state index in [4.69, 9.17) is 5.73 Å². The molecule has 1 atom stereocenters. The standard InChI is InChI=1S/C16H24N2OS.ClH/c1-12-3-4-15(9-13(12)2)20-8-6-16(19)18-7-5-14(10-17)11-18;/h3-4,9,14H,5-8,10-11,17H2,1-2H3;1H. The van der Waals surface area contributed by atoms with Crippen molar-refractivity contribution in [3.8, 4) is 0 Å². The number of thioether (sulfide) groups is 1. The van der Waals surface area contributed by atoms with Gasteiger partial charge in [-0.3, -0.25) is 4.79 Å². The minimum absolute atomic E-state index is 0. The smallest absolute Gasteiger partial charge is 0.223 e. The quantitative estimate of drug-likeness (QED) is 0.845. The summed E-state index contributed by atoms with van der Waals surface area (Å²) in [6, 6.07) is 6.48. The van der Waals surface area contributed by atoms with E-state index in [1.807, 2.05) is 4.90 Å². The van der Waals surface area contributed by atoms with Gasteiger partial charge in [-0.25, -0.2) is 0 Å². The van der Waals surface area contributed by atoms with Crippen molar-refractivity contribution in [2.75, 3.05) is 25.4 Å². The van der Waals surface area contributed by atoms with Gasteiger partial charge < -0.3 is 10.6 Å². The minimum Gasteiger partial charge on any atom is -0.342 e. The molecule has 1 aliphatic rings. The summed E-state index contributed by atoms with van der Waals surface area (Å²) >= 11 is 1.76. The minimum atomic E-state index is 0. The number of carbonyl (C=O) groups is 1. The van der Waals surface area contributed by atoms with Gasteiger partial charge in [-0.1, -0.05) is 6.07 Å². The fourth-order valence-electron chi connectivity index (χ4n) is 2.47. The first-order chi connectivity index (χ1) is 9.60. The Morgan fingerprint density at radius 1 is 1.38 bits per heavy atom. The zero-order chi connectivity index (χ0) is 14.5. The van der Waals surface area contributed by atoms with Gasteiger partial charge in [0.15, 0.2) is 0 Å². The first-order valence-electron chi connectivity index (χ1n) is 7.28. The summed E-state index contributed by atoms with van der Waals surface area (Å²) in [6.07, 6.45) is 1.68. The molecule has 1 unspecified atom stereocenters. The van der Waals surface area contributed by atoms with Crippen LogP contribution in [0.4, 0.5) is 0 Å². The van der Waals surface area contributed by atoms with Crippen LogP contribution in [0.25, 0.3) is 0 Å². The van der Waals surface area contributed by atoms with Crippen LogP contribution in [0.5, 0.6) is 0 Å². The molecule has 0 aromatic heterocycles. The van der Waals surface area contributed by atoms with Crippen LogP contribution in [-0.2, 0) is 4.79 Å². The predicted octanol–water partition coefficient (Wildman–Crippen LogP) is 3.01. The van der Waals surface area contributed by atoms with E-state index in [1.165, 1.54) is 16.0 Å². The van der Waals surface area contributed by atoms with E-state index in [0.717, 1.165) is 25.3 Å². The highest BCUT2D eigenvalue weighted by atomic mass is 35.5. The van der Waals surface area contributed by atoms with Crippen LogP contribution in [0.2, 0.25) is 0 Å². The van der Waals surface area contributed by atoms with Gasteiger partial charge in [-0.05, 0) is 56.0 Å². The third-order valence-corrected chi connectivity index (χ3v) is 5.03. The Morgan fingerprint density at radius 3 is 2.76 bits per heavy atom. The highest BCUT2D eigenvalue weighted by Gasteiger charge is 2.24. The van der Waals surface area contributed by atoms with Crippen molar-refractivity contribution in [1.82, 2.24) is 4.90 Å². The van der Waals surface area contributed by atoms with E-state index < -0.39 is 0 Å². The fraction of sp³-hybridized carbons (Fsp3) is 0.562. The zero-order valence-corrected chi connectivity index (χ0v) is 14.4. The average Bonchev–Trinajstić information content (AvgIpc) is 2.91. The van der Waals surface area contributed by atoms with Crippen molar-refractivity contribution >= 4 is 30.1 Å². The zero-order valence-electron chi connectivity index (χ0n) is 12.8. The van der Waals surface area contributed by atoms with Crippen molar-refractivity contribution in [3.63, 3.8) is 0 Å². The second-order valence-corrected chi connectivity index (χ2v) is 6.74. The van der Waals surface area contributed by atoms with Gasteiger partial charge in [-0.2, -0.15) is 0 Å². The lowest BCUT2D eigenvalue weighted by atomic mass is 10.1. The molecule has 1 heterocycles. The highest BCUT2D eigenvalue weighted by Crippen LogP contribution is 2.23. The average molecular weight is 329 g/mol. The predicted molar refractivity (Wildman–Crippen MR) is 92.2 cm³/mol. The Morgan fingerprint density at radius 2 is 2.14 bits per heavy atom. The molecule has 0 aliphatic carbocycles. The summed E-state index contributed by atoms with van der Waals surface area (Å²) in [7, 11) is 0. The van der Waals surface area contributed by atoms with Crippen LogP contribution in [-0.4, -0.2) is 36.2 Å². The number of halogens is 1. The van der Waals surface area contributed by atoms with E-state index in [1.54, 1.807) is 11.8 Å². The first-order valence-corrected chi connectivity index (χ1v) is 8.26. The van der Waals surface area contributed by atoms with Crippen molar-refractivity contribution in [1.29, 1.82) is 0 Å². The first kappa shape index (κ1) is 18.3. The molecular formula is C16H25ClN2OS. The third kappa shape index (κ3) is 5.20. The monoisotopic (exact) mass is 328 g/mol. The number of amides is 1. The fourth-order valence-corrected chi connectivity index (χ4v) is 3.41. The molecule has 118 valence electrons. The molecule has 2 rings (SSSR count). The molecule has 0 spiro atoms. The van der Waals surface area contributed by atoms with E-state index in [0.29, 0.717) is 18.9 Å². The lowest BCUT2D eigenvalue weighted by Crippen LogP contribution is -2.30. The molecule has 0 bridgehead atoms. The van der Waals surface area contributed by atoms with E-state index in [9.17, 15) is 4.79 Å². The Bertz CT molecular complexity index is 481. The van der Waals surface area contributed by atoms with E-state index >= 15 is 0 Å². The summed E-state index contributed by atoms with van der Waals surface area (Å²) < 4.78 is 0. The topological polar surface area (TPSA) is 46.3 Å². The SMILES string of the molecule is Cc1ccc(SCCC(=O)N2CCC(CN)C2)cc1C.Cl. The van der Waals surface area contributed by atoms with Crippen LogP contribution in [0.3, 0.4) is 0 Å². The number of rotatable bonds is 5. The molecule has 2 N–H and O–H groups in total. The maximum absolute atomic E-state index is 12.1. The van der Waals surface area contributed by atoms with E-state index in [2.05, 4.69) is 32.0 Å². The Hall–Kier alpha value is -0.710. The number of hydrogen-bond donors (Lipinski definition) is 1. The lowest BCUT2D eigenvalue weighted by Gasteiger charge is -2.16. The van der Waals surface area contributed by atoms with Crippen LogP contribution in [0.1, 0.15) is 24.0 Å². The van der Waals surface area contributed by atoms with Crippen LogP contribution >= 0.6 is 24.2 Å². The van der Waals surface area contributed by atoms with Crippen LogP contribution in [0, 0.1) is 19.8 Å². The Balaban J connectivity index is 0.00000220. The van der Waals surface area contributed by atoms with E-state index in [-0.39, 0.29) is 18.3 Å². The van der Waals surface area contributed by atoms with Gasteiger partial charge in [0.05, 0.1) is 0 Å². The number of benzene rings is 1. The number of nitrogens with zero attached hydrogens (tertiary/aromatic N) is 1. The summed E-state index contributed by atoms with van der Waals surface area (Å²) in [5.74, 6) is 1.63. The maximum Gasteiger partial charge on any atom is 0.223 e. The highest BCUT2D eigenvalue weighted by molar-refractivity contribution is 7.99. The molecule has 1 saturated heterocycles. The molecule has 1 amide bonds. The number of nitrogens with two attached hydrogens (primary N) is 1. The summed E-state index contributed by atoms with van der Waals surface area (Å²) in [5, 5.41) is 0. The van der Waals surface area contributed by atoms with Gasteiger partial charge in [0.2, 0.25) is 5.91 Å². The molecular weight excluding hydrogens is 304 g/mol. The molecule has 0 saturated carbocycles. The largest absolute Gasteiger partial charge is 0.342 e. The normalized spacial score (nSPS) is 17.7. The molecule has 1 aromatic carbocycles. The molecule has 5 heteroatoms. The summed E-state index contributed by atoms with van der Waals surface area (Å²) in [5.41, 5.74) is 8.28. The second-order valence-electron chi connectivity index (χ2n) is 5.57. The number of aryl methyl sites for hydroxylation is 2. The van der Waals surface area contributed by atoms with Crippen LogP contribution < -0.4 is 5.73 Å². The Labute approximate surface area is 138 Å². The van der Waals surface area contributed by atoms with Gasteiger partial charge >= 0.3 is 0 Å². The van der Waals surface area contributed by atoms with Gasteiger partial charge in [0.25, 0.3) is 0 Å². The number of likely N-dealkylation sites (tertiary alicyclic amines) is 1. The third-order valence-electron chi connectivity index (χ3n) is 4.03. The molecule has 1 aliphatic heterocycles. The van der Waals surface area contributed by atoms with Crippen molar-refractivity contribution < 1.29 is 4.79 Å². The van der Waals surface area contributed by atoms with Crippen LogP contribution in [0.15, 0.2) is 23.1 Å². The second kappa shape index (κ2) is 8.66. The molecule has 1 fully saturated rings. The van der Waals surface area contributed by atoms with Crippen molar-refractivity contribution in [2.24, 2.45) is 11.7 Å². The number of carbonyl (C=O) groups excluding carboxylic acids is 1. The number of hydrogen-bond acceptors (Lipinski definition) is 3. The summed E-state index contributed by atoms with van der Waals surface area (Å²) in [6.45, 7) is 6.68. The molecule has 21 heavy (non-hydrogen) atoms. The van der Waals surface area contributed by atoms with Crippen molar-refractivity contribution in [2.45, 2.75) is 31.6 Å². The van der Waals surface area contributed by atoms with Gasteiger partial charge in [-0.15, -0.1) is 24.2 Å². The maximum atomic E-state index is 12.1. The Kier molecular flexibility index (Phi) is 7.57. The summed E-state index contributed by atoms with van der Waals surface area (Å²) in [4.78, 5) is 15.3. The lowest BCUT2D eigenvalue weighted by molar-refractivity contribution is -0.129.